The average molecular weight is 519 g/mol. The Balaban J connectivity index is 2.45. The van der Waals surface area contributed by atoms with Crippen molar-refractivity contribution in [2.45, 2.75) is 39.8 Å². The number of nitrogens with one attached hydrogen (secondary N) is 1. The van der Waals surface area contributed by atoms with Crippen molar-refractivity contribution in [1.82, 2.24) is 14.5 Å². The van der Waals surface area contributed by atoms with Crippen LogP contribution in [0.5, 0.6) is 5.75 Å². The Bertz CT molecular complexity index is 1090. The molecule has 0 aromatic heterocycles. The SMILES string of the molecule is CC[C@H](C(=O)NCC(C)C)N(Cc1ccc(OC)cc1)C(=O)CN(c1ccccc1)S(=O)(=O)N(C)C. The minimum atomic E-state index is -3.97. The molecule has 0 aliphatic rings. The maximum absolute atomic E-state index is 13.8. The quantitative estimate of drug-likeness (QED) is 0.440. The Labute approximate surface area is 215 Å². The molecule has 0 aliphatic heterocycles. The van der Waals surface area contributed by atoms with Crippen molar-refractivity contribution < 1.29 is 22.7 Å². The molecular weight excluding hydrogens is 480 g/mol. The van der Waals surface area contributed by atoms with Crippen LogP contribution in [0, 0.1) is 5.92 Å². The minimum Gasteiger partial charge on any atom is -0.497 e. The molecule has 36 heavy (non-hydrogen) atoms. The molecule has 0 bridgehead atoms. The van der Waals surface area contributed by atoms with Gasteiger partial charge in [-0.1, -0.05) is 51.1 Å². The fourth-order valence-corrected chi connectivity index (χ4v) is 4.64. The van der Waals surface area contributed by atoms with Gasteiger partial charge in [-0.2, -0.15) is 12.7 Å². The highest BCUT2D eigenvalue weighted by Gasteiger charge is 2.33. The van der Waals surface area contributed by atoms with Crippen molar-refractivity contribution in [2.75, 3.05) is 38.6 Å². The molecule has 1 atom stereocenters. The number of para-hydroxylation sites is 1. The first-order valence-electron chi connectivity index (χ1n) is 12.0. The van der Waals surface area contributed by atoms with Crippen LogP contribution in [-0.2, 0) is 26.3 Å². The van der Waals surface area contributed by atoms with E-state index in [0.717, 1.165) is 14.2 Å². The fraction of sp³-hybridized carbons (Fsp3) is 0.462. The number of hydrogen-bond acceptors (Lipinski definition) is 5. The lowest BCUT2D eigenvalue weighted by molar-refractivity contribution is -0.140. The zero-order chi connectivity index (χ0) is 26.9. The molecule has 198 valence electrons. The van der Waals surface area contributed by atoms with Crippen LogP contribution in [0.2, 0.25) is 0 Å². The molecule has 0 heterocycles. The summed E-state index contributed by atoms with van der Waals surface area (Å²) in [7, 11) is 0.427. The van der Waals surface area contributed by atoms with Gasteiger partial charge in [0.1, 0.15) is 18.3 Å². The summed E-state index contributed by atoms with van der Waals surface area (Å²) >= 11 is 0. The summed E-state index contributed by atoms with van der Waals surface area (Å²) in [6, 6.07) is 14.9. The van der Waals surface area contributed by atoms with E-state index in [-0.39, 0.29) is 18.4 Å². The highest BCUT2D eigenvalue weighted by Crippen LogP contribution is 2.21. The number of methoxy groups -OCH3 is 1. The molecule has 0 saturated carbocycles. The molecule has 2 aromatic carbocycles. The number of rotatable bonds is 13. The van der Waals surface area contributed by atoms with Gasteiger partial charge in [0.05, 0.1) is 12.8 Å². The van der Waals surface area contributed by atoms with E-state index in [1.807, 2.05) is 32.9 Å². The largest absolute Gasteiger partial charge is 0.497 e. The number of carbonyl (C=O) groups excluding carboxylic acids is 2. The van der Waals surface area contributed by atoms with Crippen LogP contribution in [0.4, 0.5) is 5.69 Å². The average Bonchev–Trinajstić information content (AvgIpc) is 2.86. The van der Waals surface area contributed by atoms with Gasteiger partial charge in [-0.05, 0) is 42.2 Å². The van der Waals surface area contributed by atoms with Crippen molar-refractivity contribution in [3.63, 3.8) is 0 Å². The Kier molecular flexibility index (Phi) is 10.7. The molecule has 9 nitrogen and oxygen atoms in total. The van der Waals surface area contributed by atoms with Gasteiger partial charge >= 0.3 is 10.2 Å². The van der Waals surface area contributed by atoms with Crippen molar-refractivity contribution in [1.29, 1.82) is 0 Å². The lowest BCUT2D eigenvalue weighted by atomic mass is 10.1. The highest BCUT2D eigenvalue weighted by atomic mass is 32.2. The summed E-state index contributed by atoms with van der Waals surface area (Å²) in [6.07, 6.45) is 0.373. The molecule has 2 rings (SSSR count). The van der Waals surface area contributed by atoms with E-state index in [1.165, 1.54) is 19.0 Å². The monoisotopic (exact) mass is 518 g/mol. The van der Waals surface area contributed by atoms with Crippen molar-refractivity contribution >= 4 is 27.7 Å². The lowest BCUT2D eigenvalue weighted by Crippen LogP contribution is -2.53. The van der Waals surface area contributed by atoms with Gasteiger partial charge in [-0.25, -0.2) is 4.31 Å². The number of amides is 2. The van der Waals surface area contributed by atoms with Gasteiger partial charge in [-0.15, -0.1) is 0 Å². The summed E-state index contributed by atoms with van der Waals surface area (Å²) in [4.78, 5) is 28.3. The molecule has 0 saturated heterocycles. The number of anilines is 1. The molecule has 0 aliphatic carbocycles. The summed E-state index contributed by atoms with van der Waals surface area (Å²) in [5.74, 6) is 0.170. The van der Waals surface area contributed by atoms with Crippen LogP contribution in [0.3, 0.4) is 0 Å². The molecule has 0 radical (unpaired) electrons. The van der Waals surface area contributed by atoms with Crippen molar-refractivity contribution in [2.24, 2.45) is 5.92 Å². The molecule has 0 spiro atoms. The van der Waals surface area contributed by atoms with E-state index in [2.05, 4.69) is 5.32 Å². The van der Waals surface area contributed by atoms with E-state index in [0.29, 0.717) is 24.4 Å². The Morgan fingerprint density at radius 3 is 2.11 bits per heavy atom. The molecule has 2 amide bonds. The lowest BCUT2D eigenvalue weighted by Gasteiger charge is -2.34. The maximum atomic E-state index is 13.8. The standard InChI is InChI=1S/C26H38N4O5S/c1-7-24(26(32)27-17-20(2)3)29(18-21-13-15-23(35-6)16-14-21)25(31)19-30(36(33,34)28(4)5)22-11-9-8-10-12-22/h8-16,20,24H,7,17-19H2,1-6H3,(H,27,32)/t24-/m1/s1. The number of ether oxygens (including phenoxy) is 1. The number of hydrogen-bond donors (Lipinski definition) is 1. The van der Waals surface area contributed by atoms with Crippen LogP contribution in [0.15, 0.2) is 54.6 Å². The Morgan fingerprint density at radius 2 is 1.61 bits per heavy atom. The van der Waals surface area contributed by atoms with Crippen LogP contribution in [0.1, 0.15) is 32.8 Å². The zero-order valence-electron chi connectivity index (χ0n) is 22.0. The maximum Gasteiger partial charge on any atom is 0.304 e. The third-order valence-electron chi connectivity index (χ3n) is 5.65. The number of nitrogens with zero attached hydrogens (tertiary/aromatic N) is 3. The first kappa shape index (κ1) is 29.1. The van der Waals surface area contributed by atoms with Gasteiger partial charge in [-0.3, -0.25) is 9.59 Å². The predicted molar refractivity (Wildman–Crippen MR) is 142 cm³/mol. The highest BCUT2D eigenvalue weighted by molar-refractivity contribution is 7.90. The van der Waals surface area contributed by atoms with Crippen LogP contribution >= 0.6 is 0 Å². The molecule has 1 N–H and O–H groups in total. The first-order valence-corrected chi connectivity index (χ1v) is 13.4. The smallest absolute Gasteiger partial charge is 0.304 e. The first-order chi connectivity index (χ1) is 17.0. The van der Waals surface area contributed by atoms with Gasteiger partial charge in [0, 0.05) is 27.2 Å². The fourth-order valence-electron chi connectivity index (χ4n) is 3.58. The van der Waals surface area contributed by atoms with Crippen molar-refractivity contribution in [3.8, 4) is 5.75 Å². The Morgan fingerprint density at radius 1 is 1.00 bits per heavy atom. The molecule has 0 fully saturated rings. The summed E-state index contributed by atoms with van der Waals surface area (Å²) < 4.78 is 33.7. The van der Waals surface area contributed by atoms with Gasteiger partial charge in [0.15, 0.2) is 0 Å². The van der Waals surface area contributed by atoms with E-state index < -0.39 is 28.7 Å². The van der Waals surface area contributed by atoms with Gasteiger partial charge < -0.3 is 15.0 Å². The van der Waals surface area contributed by atoms with Crippen molar-refractivity contribution in [3.05, 3.63) is 60.2 Å². The second-order valence-electron chi connectivity index (χ2n) is 9.07. The Hall–Kier alpha value is -3.11. The summed E-state index contributed by atoms with van der Waals surface area (Å²) in [6.45, 7) is 5.98. The molecule has 0 unspecified atom stereocenters. The second-order valence-corrected chi connectivity index (χ2v) is 11.1. The van der Waals surface area contributed by atoms with E-state index in [4.69, 9.17) is 4.74 Å². The topological polar surface area (TPSA) is 99.3 Å². The number of benzene rings is 2. The zero-order valence-corrected chi connectivity index (χ0v) is 22.8. The second kappa shape index (κ2) is 13.3. The third-order valence-corrected chi connectivity index (χ3v) is 7.47. The normalized spacial score (nSPS) is 12.3. The summed E-state index contributed by atoms with van der Waals surface area (Å²) in [5, 5.41) is 2.91. The van der Waals surface area contributed by atoms with E-state index in [1.54, 1.807) is 49.6 Å². The van der Waals surface area contributed by atoms with Crippen LogP contribution < -0.4 is 14.4 Å². The van der Waals surface area contributed by atoms with E-state index >= 15 is 0 Å². The number of carbonyl (C=O) groups is 2. The molecule has 10 heteroatoms. The summed E-state index contributed by atoms with van der Waals surface area (Å²) in [5.41, 5.74) is 1.15. The molecular formula is C26H38N4O5S. The van der Waals surface area contributed by atoms with Gasteiger partial charge in [0.25, 0.3) is 0 Å². The van der Waals surface area contributed by atoms with E-state index in [9.17, 15) is 18.0 Å². The van der Waals surface area contributed by atoms with Crippen LogP contribution in [-0.4, -0.2) is 69.8 Å². The molecule has 2 aromatic rings. The van der Waals surface area contributed by atoms with Crippen LogP contribution in [0.25, 0.3) is 0 Å². The third kappa shape index (κ3) is 7.69. The van der Waals surface area contributed by atoms with Gasteiger partial charge in [0.2, 0.25) is 11.8 Å². The predicted octanol–water partition coefficient (Wildman–Crippen LogP) is 2.89. The minimum absolute atomic E-state index is 0.140.